The number of thioether (sulfide) groups is 1. The van der Waals surface area contributed by atoms with Crippen LogP contribution in [0.1, 0.15) is 6.92 Å². The summed E-state index contributed by atoms with van der Waals surface area (Å²) >= 11 is 1.52. The summed E-state index contributed by atoms with van der Waals surface area (Å²) < 4.78 is 1.96. The van der Waals surface area contributed by atoms with Gasteiger partial charge < -0.3 is 9.88 Å². The molecule has 0 atom stereocenters. The normalized spacial score (nSPS) is 10.5. The van der Waals surface area contributed by atoms with Crippen LogP contribution in [-0.2, 0) is 11.3 Å². The number of hydrogen-bond acceptors (Lipinski definition) is 4. The van der Waals surface area contributed by atoms with Crippen LogP contribution in [0.15, 0.2) is 65.8 Å². The number of anilines is 1. The molecule has 3 rings (SSSR count). The van der Waals surface area contributed by atoms with Gasteiger partial charge in [-0.1, -0.05) is 30.3 Å². The average molecular weight is 338 g/mol. The van der Waals surface area contributed by atoms with Crippen LogP contribution in [0.3, 0.4) is 0 Å². The summed E-state index contributed by atoms with van der Waals surface area (Å²) in [7, 11) is 0. The zero-order valence-electron chi connectivity index (χ0n) is 13.3. The Balaban J connectivity index is 1.65. The Bertz CT molecular complexity index is 817. The number of aromatic nitrogens is 3. The van der Waals surface area contributed by atoms with Gasteiger partial charge in [0.1, 0.15) is 6.33 Å². The van der Waals surface area contributed by atoms with Gasteiger partial charge in [0.2, 0.25) is 5.91 Å². The molecule has 0 saturated heterocycles. The maximum Gasteiger partial charge on any atom is 0.234 e. The van der Waals surface area contributed by atoms with Crippen LogP contribution >= 0.6 is 11.8 Å². The number of rotatable bonds is 6. The molecule has 24 heavy (non-hydrogen) atoms. The fourth-order valence-corrected chi connectivity index (χ4v) is 3.03. The van der Waals surface area contributed by atoms with Crippen LogP contribution < -0.4 is 5.32 Å². The van der Waals surface area contributed by atoms with E-state index in [1.54, 1.807) is 6.33 Å². The first-order valence-corrected chi connectivity index (χ1v) is 8.71. The first-order chi connectivity index (χ1) is 11.8. The summed E-state index contributed by atoms with van der Waals surface area (Å²) in [6, 6.07) is 17.6. The maximum atomic E-state index is 12.1. The van der Waals surface area contributed by atoms with Crippen molar-refractivity contribution in [3.63, 3.8) is 0 Å². The van der Waals surface area contributed by atoms with Crippen molar-refractivity contribution in [1.29, 1.82) is 0 Å². The SMILES string of the molecule is CCn1cnnc1-c1cccc(NC(=O)CSc2ccccc2)c1. The minimum absolute atomic E-state index is 0.0297. The molecule has 0 spiro atoms. The van der Waals surface area contributed by atoms with Gasteiger partial charge in [-0.25, -0.2) is 0 Å². The third-order valence-electron chi connectivity index (χ3n) is 3.47. The number of carbonyl (C=O) groups is 1. The van der Waals surface area contributed by atoms with E-state index in [1.165, 1.54) is 11.8 Å². The predicted octanol–water partition coefficient (Wildman–Crippen LogP) is 3.70. The second-order valence-corrected chi connectivity index (χ2v) is 6.22. The number of nitrogens with zero attached hydrogens (tertiary/aromatic N) is 3. The molecule has 0 aliphatic heterocycles. The van der Waals surface area contributed by atoms with Gasteiger partial charge in [0.25, 0.3) is 0 Å². The zero-order valence-corrected chi connectivity index (χ0v) is 14.2. The summed E-state index contributed by atoms with van der Waals surface area (Å²) in [5.74, 6) is 1.14. The monoisotopic (exact) mass is 338 g/mol. The van der Waals surface area contributed by atoms with E-state index in [0.29, 0.717) is 5.75 Å². The quantitative estimate of drug-likeness (QED) is 0.696. The van der Waals surface area contributed by atoms with E-state index in [4.69, 9.17) is 0 Å². The lowest BCUT2D eigenvalue weighted by atomic mass is 10.2. The van der Waals surface area contributed by atoms with Crippen LogP contribution in [0.4, 0.5) is 5.69 Å². The maximum absolute atomic E-state index is 12.1. The van der Waals surface area contributed by atoms with Gasteiger partial charge in [0.15, 0.2) is 5.82 Å². The van der Waals surface area contributed by atoms with Gasteiger partial charge >= 0.3 is 0 Å². The number of nitrogens with one attached hydrogen (secondary N) is 1. The minimum atomic E-state index is -0.0297. The highest BCUT2D eigenvalue weighted by Gasteiger charge is 2.08. The summed E-state index contributed by atoms with van der Waals surface area (Å²) in [4.78, 5) is 13.2. The van der Waals surface area contributed by atoms with Crippen molar-refractivity contribution in [2.75, 3.05) is 11.1 Å². The Labute approximate surface area is 145 Å². The van der Waals surface area contributed by atoms with Crippen molar-refractivity contribution in [3.05, 3.63) is 60.9 Å². The van der Waals surface area contributed by atoms with E-state index in [0.717, 1.165) is 28.5 Å². The van der Waals surface area contributed by atoms with E-state index < -0.39 is 0 Å². The van der Waals surface area contributed by atoms with Crippen molar-refractivity contribution >= 4 is 23.4 Å². The van der Waals surface area contributed by atoms with Crippen LogP contribution in [-0.4, -0.2) is 26.4 Å². The number of amides is 1. The third-order valence-corrected chi connectivity index (χ3v) is 4.49. The van der Waals surface area contributed by atoms with Crippen molar-refractivity contribution in [1.82, 2.24) is 14.8 Å². The molecule has 122 valence electrons. The Kier molecular flexibility index (Phi) is 5.28. The lowest BCUT2D eigenvalue weighted by Gasteiger charge is -2.08. The Morgan fingerprint density at radius 2 is 2.00 bits per heavy atom. The molecule has 1 N–H and O–H groups in total. The van der Waals surface area contributed by atoms with Crippen molar-refractivity contribution in [2.24, 2.45) is 0 Å². The smallest absolute Gasteiger partial charge is 0.234 e. The lowest BCUT2D eigenvalue weighted by Crippen LogP contribution is -2.14. The van der Waals surface area contributed by atoms with Crippen LogP contribution in [0.2, 0.25) is 0 Å². The second-order valence-electron chi connectivity index (χ2n) is 5.17. The molecule has 0 bridgehead atoms. The van der Waals surface area contributed by atoms with Gasteiger partial charge in [-0.15, -0.1) is 22.0 Å². The summed E-state index contributed by atoms with van der Waals surface area (Å²) in [6.07, 6.45) is 1.71. The van der Waals surface area contributed by atoms with E-state index in [1.807, 2.05) is 66.1 Å². The highest BCUT2D eigenvalue weighted by Crippen LogP contribution is 2.22. The molecule has 5 nitrogen and oxygen atoms in total. The van der Waals surface area contributed by atoms with E-state index in [9.17, 15) is 4.79 Å². The Morgan fingerprint density at radius 1 is 1.17 bits per heavy atom. The number of hydrogen-bond donors (Lipinski definition) is 1. The first kappa shape index (κ1) is 16.3. The van der Waals surface area contributed by atoms with Gasteiger partial charge in [-0.3, -0.25) is 4.79 Å². The second kappa shape index (κ2) is 7.79. The molecule has 0 unspecified atom stereocenters. The highest BCUT2D eigenvalue weighted by atomic mass is 32.2. The fraction of sp³-hybridized carbons (Fsp3) is 0.167. The van der Waals surface area contributed by atoms with Gasteiger partial charge in [-0.2, -0.15) is 0 Å². The molecule has 0 radical (unpaired) electrons. The van der Waals surface area contributed by atoms with Crippen LogP contribution in [0.25, 0.3) is 11.4 Å². The molecule has 3 aromatic rings. The molecule has 0 saturated carbocycles. The van der Waals surface area contributed by atoms with Crippen LogP contribution in [0, 0.1) is 0 Å². The number of carbonyl (C=O) groups excluding carboxylic acids is 1. The number of benzene rings is 2. The Morgan fingerprint density at radius 3 is 2.79 bits per heavy atom. The topological polar surface area (TPSA) is 59.8 Å². The summed E-state index contributed by atoms with van der Waals surface area (Å²) in [6.45, 7) is 2.84. The van der Waals surface area contributed by atoms with Crippen molar-refractivity contribution < 1.29 is 4.79 Å². The third kappa shape index (κ3) is 4.02. The van der Waals surface area contributed by atoms with Crippen molar-refractivity contribution in [3.8, 4) is 11.4 Å². The minimum Gasteiger partial charge on any atom is -0.325 e. The molecule has 1 heterocycles. The van der Waals surface area contributed by atoms with Crippen LogP contribution in [0.5, 0.6) is 0 Å². The first-order valence-electron chi connectivity index (χ1n) is 7.72. The number of aryl methyl sites for hydroxylation is 1. The predicted molar refractivity (Wildman–Crippen MR) is 96.9 cm³/mol. The molecular weight excluding hydrogens is 320 g/mol. The molecule has 0 aliphatic rings. The van der Waals surface area contributed by atoms with Gasteiger partial charge in [-0.05, 0) is 31.2 Å². The highest BCUT2D eigenvalue weighted by molar-refractivity contribution is 8.00. The summed E-state index contributed by atoms with van der Waals surface area (Å²) in [5.41, 5.74) is 1.69. The standard InChI is InChI=1S/C18H18N4OS/c1-2-22-13-19-21-18(22)14-7-6-8-15(11-14)20-17(23)12-24-16-9-4-3-5-10-16/h3-11,13H,2,12H2,1H3,(H,20,23). The van der Waals surface area contributed by atoms with Gasteiger partial charge in [0.05, 0.1) is 5.75 Å². The molecule has 2 aromatic carbocycles. The largest absolute Gasteiger partial charge is 0.325 e. The molecule has 6 heteroatoms. The molecular formula is C18H18N4OS. The van der Waals surface area contributed by atoms with E-state index in [2.05, 4.69) is 15.5 Å². The molecule has 0 aliphatic carbocycles. The van der Waals surface area contributed by atoms with Crippen molar-refractivity contribution in [2.45, 2.75) is 18.4 Å². The van der Waals surface area contributed by atoms with E-state index in [-0.39, 0.29) is 5.91 Å². The summed E-state index contributed by atoms with van der Waals surface area (Å²) in [5, 5.41) is 11.0. The Hall–Kier alpha value is -2.60. The fourth-order valence-electron chi connectivity index (χ4n) is 2.31. The molecule has 1 aromatic heterocycles. The molecule has 0 fully saturated rings. The zero-order chi connectivity index (χ0) is 16.8. The van der Waals surface area contributed by atoms with E-state index >= 15 is 0 Å². The molecule has 1 amide bonds. The lowest BCUT2D eigenvalue weighted by molar-refractivity contribution is -0.113. The average Bonchev–Trinajstić information content (AvgIpc) is 3.10. The van der Waals surface area contributed by atoms with Gasteiger partial charge in [0, 0.05) is 22.7 Å².